The summed E-state index contributed by atoms with van der Waals surface area (Å²) in [6.45, 7) is 0.281. The fraction of sp³-hybridized carbons (Fsp3) is 0.115. The molecule has 1 amide bonds. The van der Waals surface area contributed by atoms with Gasteiger partial charge in [-0.15, -0.1) is 32.9 Å². The molecule has 2 aromatic carbocycles. The first-order chi connectivity index (χ1) is 19.0. The number of thiazole rings is 2. The van der Waals surface area contributed by atoms with Crippen molar-refractivity contribution in [2.24, 2.45) is 10.2 Å². The van der Waals surface area contributed by atoms with Gasteiger partial charge in [-0.05, 0) is 18.6 Å². The molecule has 0 bridgehead atoms. The largest absolute Gasteiger partial charge is 0.481 e. The number of aromatic amines is 1. The Kier molecular flexibility index (Phi) is 7.80. The van der Waals surface area contributed by atoms with Crippen LogP contribution in [-0.2, 0) is 4.79 Å². The van der Waals surface area contributed by atoms with E-state index in [1.807, 2.05) is 35.7 Å². The third-order valence-electron chi connectivity index (χ3n) is 5.56. The highest BCUT2D eigenvalue weighted by Crippen LogP contribution is 2.30. The monoisotopic (exact) mass is 559 g/mol. The van der Waals surface area contributed by atoms with E-state index in [1.165, 1.54) is 27.4 Å². The molecule has 3 aromatic heterocycles. The quantitative estimate of drug-likeness (QED) is 0.153. The van der Waals surface area contributed by atoms with E-state index in [0.717, 1.165) is 11.1 Å². The van der Waals surface area contributed by atoms with Crippen LogP contribution in [0.25, 0.3) is 27.6 Å². The van der Waals surface area contributed by atoms with Crippen LogP contribution in [0.3, 0.4) is 0 Å². The molecule has 0 aliphatic rings. The summed E-state index contributed by atoms with van der Waals surface area (Å²) >= 11 is 2.60. The third-order valence-corrected chi connectivity index (χ3v) is 7.04. The highest BCUT2D eigenvalue weighted by molar-refractivity contribution is 7.13. The number of nitrogens with zero attached hydrogens (tertiary/aromatic N) is 5. The number of rotatable bonds is 10. The van der Waals surface area contributed by atoms with Gasteiger partial charge in [0.1, 0.15) is 0 Å². The van der Waals surface area contributed by atoms with Crippen LogP contribution in [0.4, 0.5) is 10.8 Å². The first kappa shape index (κ1) is 25.9. The van der Waals surface area contributed by atoms with Crippen LogP contribution >= 0.6 is 22.7 Å². The molecule has 0 fully saturated rings. The van der Waals surface area contributed by atoms with Gasteiger partial charge in [0.15, 0.2) is 5.69 Å². The highest BCUT2D eigenvalue weighted by Gasteiger charge is 2.19. The molecule has 3 N–H and O–H groups in total. The molecule has 0 aliphatic heterocycles. The molecule has 0 saturated carbocycles. The van der Waals surface area contributed by atoms with E-state index < -0.39 is 11.5 Å². The van der Waals surface area contributed by atoms with Crippen molar-refractivity contribution in [2.45, 2.75) is 12.8 Å². The molecule has 0 spiro atoms. The standard InChI is InChI=1S/C26H21N7O4S2/c34-20(35)7-4-12-27-23(36)18-10-8-16(9-11-18)19-15-39-26(29-19)33-24(37)22(30-31-25-28-13-14-38-25)21(32-33)17-5-2-1-3-6-17/h1-3,5-6,8-11,13-15,32H,4,7,12H2,(H,27,36)(H,34,35). The number of nitrogens with one attached hydrogen (secondary N) is 2. The number of azo groups is 1. The Bertz CT molecular complexity index is 1670. The molecule has 11 nitrogen and oxygen atoms in total. The molecule has 0 unspecified atom stereocenters. The van der Waals surface area contributed by atoms with Gasteiger partial charge >= 0.3 is 11.5 Å². The van der Waals surface area contributed by atoms with Crippen molar-refractivity contribution < 1.29 is 14.7 Å². The lowest BCUT2D eigenvalue weighted by atomic mass is 10.1. The Labute approximate surface area is 229 Å². The minimum atomic E-state index is -0.898. The summed E-state index contributed by atoms with van der Waals surface area (Å²) < 4.78 is 1.34. The minimum Gasteiger partial charge on any atom is -0.481 e. The first-order valence-electron chi connectivity index (χ1n) is 11.8. The van der Waals surface area contributed by atoms with E-state index in [0.29, 0.717) is 33.6 Å². The van der Waals surface area contributed by atoms with Gasteiger partial charge in [-0.3, -0.25) is 19.5 Å². The predicted octanol–water partition coefficient (Wildman–Crippen LogP) is 5.42. The van der Waals surface area contributed by atoms with Gasteiger partial charge in [0, 0.05) is 46.6 Å². The topological polar surface area (TPSA) is 155 Å². The molecule has 13 heteroatoms. The number of aromatic nitrogens is 4. The number of aliphatic carboxylic acids is 1. The summed E-state index contributed by atoms with van der Waals surface area (Å²) in [5, 5.41) is 27.3. The van der Waals surface area contributed by atoms with Gasteiger partial charge < -0.3 is 10.4 Å². The number of hydrogen-bond acceptors (Lipinski definition) is 9. The number of carboxylic acid groups (broad SMARTS) is 1. The van der Waals surface area contributed by atoms with Gasteiger partial charge in [-0.25, -0.2) is 9.97 Å². The lowest BCUT2D eigenvalue weighted by molar-refractivity contribution is -0.137. The van der Waals surface area contributed by atoms with Crippen molar-refractivity contribution in [3.05, 3.63) is 87.5 Å². The van der Waals surface area contributed by atoms with E-state index >= 15 is 0 Å². The molecular formula is C26H21N7O4S2. The maximum atomic E-state index is 13.4. The number of amides is 1. The van der Waals surface area contributed by atoms with Crippen molar-refractivity contribution in [3.8, 4) is 27.6 Å². The zero-order valence-corrected chi connectivity index (χ0v) is 21.9. The molecule has 39 heavy (non-hydrogen) atoms. The molecule has 0 radical (unpaired) electrons. The SMILES string of the molecule is O=C(O)CCCNC(=O)c1ccc(-c2csc(-n3[nH]c(-c4ccccc4)c(N=Nc4nccs4)c3=O)n2)cc1. The second-order valence-electron chi connectivity index (χ2n) is 8.20. The van der Waals surface area contributed by atoms with Crippen LogP contribution in [0.5, 0.6) is 0 Å². The smallest absolute Gasteiger partial charge is 0.303 e. The molecule has 5 aromatic rings. The van der Waals surface area contributed by atoms with Crippen LogP contribution in [-0.4, -0.2) is 43.3 Å². The maximum Gasteiger partial charge on any atom is 0.303 e. The van der Waals surface area contributed by atoms with Crippen molar-refractivity contribution in [3.63, 3.8) is 0 Å². The second-order valence-corrected chi connectivity index (χ2v) is 9.91. The van der Waals surface area contributed by atoms with Gasteiger partial charge in [0.25, 0.3) is 5.91 Å². The lowest BCUT2D eigenvalue weighted by Gasteiger charge is -2.05. The Balaban J connectivity index is 1.39. The molecular weight excluding hydrogens is 538 g/mol. The van der Waals surface area contributed by atoms with Crippen molar-refractivity contribution in [2.75, 3.05) is 6.54 Å². The lowest BCUT2D eigenvalue weighted by Crippen LogP contribution is -2.24. The van der Waals surface area contributed by atoms with E-state index in [9.17, 15) is 14.4 Å². The minimum absolute atomic E-state index is 0.00167. The molecule has 0 aliphatic carbocycles. The van der Waals surface area contributed by atoms with Crippen molar-refractivity contribution in [1.29, 1.82) is 0 Å². The van der Waals surface area contributed by atoms with Gasteiger partial charge in [0.05, 0.1) is 11.4 Å². The van der Waals surface area contributed by atoms with Crippen LogP contribution in [0.15, 0.2) is 86.6 Å². The van der Waals surface area contributed by atoms with Crippen molar-refractivity contribution in [1.82, 2.24) is 25.1 Å². The number of H-pyrrole nitrogens is 1. The summed E-state index contributed by atoms with van der Waals surface area (Å²) in [6, 6.07) is 16.2. The number of carboxylic acids is 1. The summed E-state index contributed by atoms with van der Waals surface area (Å²) in [6.07, 6.45) is 1.97. The zero-order chi connectivity index (χ0) is 27.2. The van der Waals surface area contributed by atoms with Crippen LogP contribution in [0.1, 0.15) is 23.2 Å². The highest BCUT2D eigenvalue weighted by atomic mass is 32.1. The fourth-order valence-electron chi connectivity index (χ4n) is 3.66. The summed E-state index contributed by atoms with van der Waals surface area (Å²) in [4.78, 5) is 45.0. The van der Waals surface area contributed by atoms with Crippen LogP contribution < -0.4 is 10.9 Å². The van der Waals surface area contributed by atoms with Gasteiger partial charge in [0.2, 0.25) is 10.3 Å². The normalized spacial score (nSPS) is 11.2. The maximum absolute atomic E-state index is 13.4. The van der Waals surface area contributed by atoms with Crippen molar-refractivity contribution >= 4 is 45.4 Å². The Morgan fingerprint density at radius 1 is 1.03 bits per heavy atom. The number of benzene rings is 2. The van der Waals surface area contributed by atoms with E-state index in [2.05, 4.69) is 30.6 Å². The molecule has 3 heterocycles. The first-order valence-corrected chi connectivity index (χ1v) is 13.5. The summed E-state index contributed by atoms with van der Waals surface area (Å²) in [7, 11) is 0. The van der Waals surface area contributed by atoms with Crippen LogP contribution in [0, 0.1) is 0 Å². The second kappa shape index (κ2) is 11.8. The summed E-state index contributed by atoms with van der Waals surface area (Å²) in [5.74, 6) is -1.18. The third kappa shape index (κ3) is 6.05. The van der Waals surface area contributed by atoms with E-state index in [4.69, 9.17) is 5.11 Å². The average Bonchev–Trinajstić information content (AvgIpc) is 3.71. The number of carbonyl (C=O) groups is 2. The predicted molar refractivity (Wildman–Crippen MR) is 148 cm³/mol. The Hall–Kier alpha value is -4.75. The summed E-state index contributed by atoms with van der Waals surface area (Å²) in [5.41, 5.74) is 2.89. The molecule has 196 valence electrons. The average molecular weight is 560 g/mol. The van der Waals surface area contributed by atoms with Gasteiger partial charge in [-0.2, -0.15) is 4.68 Å². The Morgan fingerprint density at radius 3 is 2.54 bits per heavy atom. The molecule has 0 atom stereocenters. The van der Waals surface area contributed by atoms with E-state index in [-0.39, 0.29) is 24.6 Å². The van der Waals surface area contributed by atoms with E-state index in [1.54, 1.807) is 35.8 Å². The fourth-order valence-corrected chi connectivity index (χ4v) is 4.90. The zero-order valence-electron chi connectivity index (χ0n) is 20.3. The number of hydrogen-bond donors (Lipinski definition) is 3. The van der Waals surface area contributed by atoms with Crippen LogP contribution in [0.2, 0.25) is 0 Å². The number of carbonyl (C=O) groups excluding carboxylic acids is 1. The van der Waals surface area contributed by atoms with Gasteiger partial charge in [-0.1, -0.05) is 42.5 Å². The molecule has 5 rings (SSSR count). The molecule has 0 saturated heterocycles. The Morgan fingerprint density at radius 2 is 1.82 bits per heavy atom.